The fourth-order valence-electron chi connectivity index (χ4n) is 1.81. The van der Waals surface area contributed by atoms with Crippen LogP contribution >= 0.6 is 34.8 Å². The molecule has 0 spiro atoms. The third-order valence-corrected chi connectivity index (χ3v) is 4.30. The van der Waals surface area contributed by atoms with Gasteiger partial charge in [0.2, 0.25) is 0 Å². The highest BCUT2D eigenvalue weighted by Crippen LogP contribution is 2.31. The first kappa shape index (κ1) is 18.3. The number of carbonyl (C=O) groups is 1. The summed E-state index contributed by atoms with van der Waals surface area (Å²) in [7, 11) is 3.90. The standard InChI is InChI=1S/C15H14Cl3N5O/c1-23(2)9-5-3-8(4-6-9)7-20-22-15(24)13-10(16)12(19)11(17)14(18)21-13/h3-7H,1-2H3,(H2,19,21)(H,22,24)/p+1/b20-7+. The maximum absolute atomic E-state index is 12.1. The van der Waals surface area contributed by atoms with Crippen LogP contribution in [0.25, 0.3) is 0 Å². The summed E-state index contributed by atoms with van der Waals surface area (Å²) in [5.41, 5.74) is 9.92. The maximum Gasteiger partial charge on any atom is 0.337 e. The number of pyridine rings is 1. The molecule has 24 heavy (non-hydrogen) atoms. The smallest absolute Gasteiger partial charge is 0.337 e. The highest BCUT2D eigenvalue weighted by molar-refractivity contribution is 6.45. The minimum Gasteiger partial charge on any atom is -0.396 e. The number of hydrogen-bond acceptors (Lipinski definition) is 4. The predicted octanol–water partition coefficient (Wildman–Crippen LogP) is 2.87. The number of carbonyl (C=O) groups excluding carboxylic acids is 1. The van der Waals surface area contributed by atoms with Crippen LogP contribution in [0.3, 0.4) is 0 Å². The second kappa shape index (κ2) is 7.70. The van der Waals surface area contributed by atoms with Crippen molar-refractivity contribution < 1.29 is 9.78 Å². The molecular formula is C15H15Cl3N5O+. The molecule has 0 aliphatic rings. The Morgan fingerprint density at radius 3 is 2.42 bits per heavy atom. The van der Waals surface area contributed by atoms with Crippen molar-refractivity contribution in [3.05, 3.63) is 50.7 Å². The van der Waals surface area contributed by atoms with Gasteiger partial charge in [0.1, 0.15) is 10.0 Å². The second-order valence-corrected chi connectivity index (χ2v) is 6.17. The summed E-state index contributed by atoms with van der Waals surface area (Å²) in [4.78, 5) is 16.7. The Bertz CT molecular complexity index is 791. The number of nitrogens with zero attached hydrogens (tertiary/aromatic N) is 2. The van der Waals surface area contributed by atoms with Gasteiger partial charge in [-0.15, -0.1) is 0 Å². The number of aromatic amines is 1. The van der Waals surface area contributed by atoms with E-state index in [0.29, 0.717) is 0 Å². The number of amides is 1. The van der Waals surface area contributed by atoms with E-state index < -0.39 is 5.91 Å². The Labute approximate surface area is 154 Å². The number of rotatable bonds is 4. The number of hydrogen-bond donors (Lipinski definition) is 2. The Balaban J connectivity index is 2.10. The number of aromatic nitrogens is 1. The second-order valence-electron chi connectivity index (χ2n) is 5.04. The zero-order valence-electron chi connectivity index (χ0n) is 12.9. The molecule has 0 aliphatic heterocycles. The van der Waals surface area contributed by atoms with Crippen LogP contribution in [0.5, 0.6) is 0 Å². The average Bonchev–Trinajstić information content (AvgIpc) is 2.56. The van der Waals surface area contributed by atoms with Crippen molar-refractivity contribution in [2.45, 2.75) is 0 Å². The van der Waals surface area contributed by atoms with Crippen LogP contribution in [-0.2, 0) is 0 Å². The quantitative estimate of drug-likeness (QED) is 0.480. The topological polar surface area (TPSA) is 84.9 Å². The first-order valence-corrected chi connectivity index (χ1v) is 7.90. The number of hydrazone groups is 1. The normalized spacial score (nSPS) is 10.9. The number of benzene rings is 1. The summed E-state index contributed by atoms with van der Waals surface area (Å²) >= 11 is 17.7. The van der Waals surface area contributed by atoms with Gasteiger partial charge in [-0.2, -0.15) is 10.1 Å². The Morgan fingerprint density at radius 1 is 1.21 bits per heavy atom. The SMILES string of the molecule is CN(C)c1ccc(/C=N/NC(=O)c2[nH+]c(Cl)c(Cl)c(N)c2Cl)cc1. The number of nitrogen functional groups attached to an aromatic ring is 1. The van der Waals surface area contributed by atoms with Gasteiger partial charge in [-0.25, -0.2) is 5.43 Å². The maximum atomic E-state index is 12.1. The van der Waals surface area contributed by atoms with Crippen molar-refractivity contribution in [3.63, 3.8) is 0 Å². The Kier molecular flexibility index (Phi) is 5.88. The molecule has 0 saturated heterocycles. The molecule has 0 aliphatic carbocycles. The van der Waals surface area contributed by atoms with E-state index in [0.717, 1.165) is 11.3 Å². The van der Waals surface area contributed by atoms with E-state index in [2.05, 4.69) is 15.5 Å². The van der Waals surface area contributed by atoms with Gasteiger partial charge in [-0.3, -0.25) is 4.79 Å². The fraction of sp³-hybridized carbons (Fsp3) is 0.133. The molecule has 1 aromatic carbocycles. The summed E-state index contributed by atoms with van der Waals surface area (Å²) in [6, 6.07) is 7.63. The molecule has 2 aromatic rings. The lowest BCUT2D eigenvalue weighted by Crippen LogP contribution is -2.28. The van der Waals surface area contributed by atoms with Gasteiger partial charge in [0.25, 0.3) is 10.8 Å². The molecule has 0 fully saturated rings. The van der Waals surface area contributed by atoms with E-state index in [4.69, 9.17) is 40.5 Å². The lowest BCUT2D eigenvalue weighted by atomic mass is 10.2. The molecular weight excluding hydrogens is 373 g/mol. The minimum atomic E-state index is -0.591. The minimum absolute atomic E-state index is 0.0203. The van der Waals surface area contributed by atoms with Gasteiger partial charge in [0.15, 0.2) is 0 Å². The van der Waals surface area contributed by atoms with Crippen molar-refractivity contribution in [1.29, 1.82) is 0 Å². The van der Waals surface area contributed by atoms with Gasteiger partial charge in [0, 0.05) is 19.8 Å². The molecule has 0 unspecified atom stereocenters. The zero-order chi connectivity index (χ0) is 17.9. The molecule has 0 radical (unpaired) electrons. The van der Waals surface area contributed by atoms with Gasteiger partial charge < -0.3 is 10.6 Å². The van der Waals surface area contributed by atoms with Crippen LogP contribution in [0.2, 0.25) is 15.2 Å². The van der Waals surface area contributed by atoms with E-state index in [-0.39, 0.29) is 26.6 Å². The molecule has 0 bridgehead atoms. The largest absolute Gasteiger partial charge is 0.396 e. The van der Waals surface area contributed by atoms with Gasteiger partial charge in [-0.1, -0.05) is 35.3 Å². The van der Waals surface area contributed by atoms with Crippen molar-refractivity contribution in [2.75, 3.05) is 24.7 Å². The molecule has 126 valence electrons. The molecule has 1 amide bonds. The number of H-pyrrole nitrogens is 1. The summed E-state index contributed by atoms with van der Waals surface area (Å²) in [6.45, 7) is 0. The van der Waals surface area contributed by atoms with Crippen LogP contribution in [0.4, 0.5) is 11.4 Å². The van der Waals surface area contributed by atoms with E-state index >= 15 is 0 Å². The van der Waals surface area contributed by atoms with E-state index in [1.807, 2.05) is 43.3 Å². The van der Waals surface area contributed by atoms with Gasteiger partial charge in [0.05, 0.1) is 11.9 Å². The summed E-state index contributed by atoms with van der Waals surface area (Å²) in [5, 5.41) is 3.94. The van der Waals surface area contributed by atoms with Crippen molar-refractivity contribution in [1.82, 2.24) is 5.43 Å². The van der Waals surface area contributed by atoms with Gasteiger partial charge in [-0.05, 0) is 29.3 Å². The van der Waals surface area contributed by atoms with Crippen molar-refractivity contribution >= 4 is 58.3 Å². The van der Waals surface area contributed by atoms with Crippen molar-refractivity contribution in [3.8, 4) is 0 Å². The number of nitrogens with two attached hydrogens (primary N) is 1. The zero-order valence-corrected chi connectivity index (χ0v) is 15.2. The molecule has 9 heteroatoms. The molecule has 6 nitrogen and oxygen atoms in total. The lowest BCUT2D eigenvalue weighted by Gasteiger charge is -2.11. The first-order valence-electron chi connectivity index (χ1n) is 6.77. The van der Waals surface area contributed by atoms with Crippen LogP contribution in [0.15, 0.2) is 29.4 Å². The Morgan fingerprint density at radius 2 is 1.83 bits per heavy atom. The monoisotopic (exact) mass is 386 g/mol. The van der Waals surface area contributed by atoms with E-state index in [1.165, 1.54) is 6.21 Å². The average molecular weight is 388 g/mol. The van der Waals surface area contributed by atoms with Crippen LogP contribution in [0, 0.1) is 0 Å². The lowest BCUT2D eigenvalue weighted by molar-refractivity contribution is -0.379. The van der Waals surface area contributed by atoms with Crippen LogP contribution in [0.1, 0.15) is 16.1 Å². The Hall–Kier alpha value is -2.02. The number of anilines is 2. The summed E-state index contributed by atoms with van der Waals surface area (Å²) in [6.07, 6.45) is 1.51. The molecule has 0 saturated carbocycles. The number of nitrogens with one attached hydrogen (secondary N) is 2. The third kappa shape index (κ3) is 4.08. The summed E-state index contributed by atoms with van der Waals surface area (Å²) < 4.78 is 0. The highest BCUT2D eigenvalue weighted by atomic mass is 35.5. The molecule has 1 heterocycles. The first-order chi connectivity index (χ1) is 11.3. The van der Waals surface area contributed by atoms with Crippen molar-refractivity contribution in [2.24, 2.45) is 5.10 Å². The van der Waals surface area contributed by atoms with E-state index in [1.54, 1.807) is 0 Å². The van der Waals surface area contributed by atoms with E-state index in [9.17, 15) is 4.79 Å². The van der Waals surface area contributed by atoms with Crippen LogP contribution < -0.4 is 21.0 Å². The molecule has 1 aromatic heterocycles. The van der Waals surface area contributed by atoms with Crippen LogP contribution in [-0.4, -0.2) is 26.2 Å². The number of halogens is 3. The molecule has 4 N–H and O–H groups in total. The predicted molar refractivity (Wildman–Crippen MR) is 98.3 cm³/mol. The fourth-order valence-corrected chi connectivity index (χ4v) is 2.42. The van der Waals surface area contributed by atoms with Gasteiger partial charge >= 0.3 is 5.91 Å². The summed E-state index contributed by atoms with van der Waals surface area (Å²) in [5.74, 6) is -0.591. The molecule has 0 atom stereocenters. The highest BCUT2D eigenvalue weighted by Gasteiger charge is 2.25. The molecule has 2 rings (SSSR count). The third-order valence-electron chi connectivity index (χ3n) is 3.14.